The molecule has 0 fully saturated rings. The molecule has 0 heterocycles. The molecule has 0 aliphatic carbocycles. The lowest BCUT2D eigenvalue weighted by atomic mass is 10.2. The Hall–Kier alpha value is -0.470. The molecular weight excluding hydrogens is 195 g/mol. The molecule has 12 heavy (non-hydrogen) atoms. The van der Waals surface area contributed by atoms with Crippen molar-refractivity contribution in [2.45, 2.75) is 0 Å². The number of benzene rings is 1. The summed E-state index contributed by atoms with van der Waals surface area (Å²) in [6.45, 7) is 0. The summed E-state index contributed by atoms with van der Waals surface area (Å²) in [6, 6.07) is 4.71. The van der Waals surface area contributed by atoms with Crippen LogP contribution in [0.3, 0.4) is 0 Å². The minimum absolute atomic E-state index is 0.163. The van der Waals surface area contributed by atoms with Gasteiger partial charge in [0.05, 0.1) is 5.02 Å². The highest BCUT2D eigenvalue weighted by Gasteiger charge is 2.00. The van der Waals surface area contributed by atoms with E-state index >= 15 is 0 Å². The van der Waals surface area contributed by atoms with Crippen molar-refractivity contribution in [2.75, 3.05) is 5.75 Å². The van der Waals surface area contributed by atoms with Gasteiger partial charge in [0.25, 0.3) is 0 Å². The third-order valence-electron chi connectivity index (χ3n) is 1.38. The van der Waals surface area contributed by atoms with Gasteiger partial charge in [0.2, 0.25) is 0 Å². The van der Waals surface area contributed by atoms with Gasteiger partial charge in [-0.25, -0.2) is 4.39 Å². The highest BCUT2D eigenvalue weighted by atomic mass is 35.5. The second kappa shape index (κ2) is 4.53. The predicted molar refractivity (Wildman–Crippen MR) is 54.3 cm³/mol. The first-order valence-electron chi connectivity index (χ1n) is 3.47. The van der Waals surface area contributed by atoms with Gasteiger partial charge in [-0.1, -0.05) is 35.9 Å². The van der Waals surface area contributed by atoms with E-state index < -0.39 is 5.82 Å². The molecule has 1 aromatic carbocycles. The molecule has 0 bridgehead atoms. The second-order valence-electron chi connectivity index (χ2n) is 2.23. The monoisotopic (exact) mass is 202 g/mol. The van der Waals surface area contributed by atoms with E-state index in [2.05, 4.69) is 12.6 Å². The normalized spacial score (nSPS) is 10.9. The zero-order valence-corrected chi connectivity index (χ0v) is 7.95. The van der Waals surface area contributed by atoms with Crippen LogP contribution in [0.25, 0.3) is 6.08 Å². The van der Waals surface area contributed by atoms with Crippen molar-refractivity contribution >= 4 is 30.3 Å². The van der Waals surface area contributed by atoms with E-state index in [1.165, 1.54) is 6.07 Å². The molecule has 0 saturated carbocycles. The van der Waals surface area contributed by atoms with Crippen molar-refractivity contribution in [3.63, 3.8) is 0 Å². The van der Waals surface area contributed by atoms with Crippen molar-refractivity contribution < 1.29 is 4.39 Å². The molecule has 0 spiro atoms. The summed E-state index contributed by atoms with van der Waals surface area (Å²) in [4.78, 5) is 0. The summed E-state index contributed by atoms with van der Waals surface area (Å²) >= 11 is 9.67. The van der Waals surface area contributed by atoms with Gasteiger partial charge in [-0.2, -0.15) is 12.6 Å². The molecule has 0 unspecified atom stereocenters. The molecule has 0 saturated heterocycles. The van der Waals surface area contributed by atoms with E-state index in [1.807, 2.05) is 6.08 Å². The fourth-order valence-electron chi connectivity index (χ4n) is 0.829. The summed E-state index contributed by atoms with van der Waals surface area (Å²) in [5, 5.41) is 0.163. The molecule has 0 N–H and O–H groups in total. The van der Waals surface area contributed by atoms with Crippen LogP contribution in [0.1, 0.15) is 5.56 Å². The Morgan fingerprint density at radius 3 is 2.92 bits per heavy atom. The van der Waals surface area contributed by atoms with Crippen LogP contribution in [0.4, 0.5) is 4.39 Å². The van der Waals surface area contributed by atoms with Gasteiger partial charge in [0.15, 0.2) is 0 Å². The first-order chi connectivity index (χ1) is 5.75. The molecule has 0 radical (unpaired) electrons. The highest BCUT2D eigenvalue weighted by molar-refractivity contribution is 7.80. The molecule has 0 aliphatic heterocycles. The smallest absolute Gasteiger partial charge is 0.142 e. The van der Waals surface area contributed by atoms with E-state index in [1.54, 1.807) is 18.2 Å². The van der Waals surface area contributed by atoms with E-state index in [4.69, 9.17) is 11.6 Å². The number of hydrogen-bond acceptors (Lipinski definition) is 1. The average molecular weight is 203 g/mol. The lowest BCUT2D eigenvalue weighted by Gasteiger charge is -1.97. The Bertz CT molecular complexity index is 297. The fourth-order valence-corrected chi connectivity index (χ4v) is 1.12. The van der Waals surface area contributed by atoms with Crippen molar-refractivity contribution in [1.82, 2.24) is 0 Å². The summed E-state index contributed by atoms with van der Waals surface area (Å²) in [5.74, 6) is 0.227. The minimum atomic E-state index is -0.391. The van der Waals surface area contributed by atoms with E-state index in [0.29, 0.717) is 11.3 Å². The fraction of sp³-hybridized carbons (Fsp3) is 0.111. The lowest BCUT2D eigenvalue weighted by Crippen LogP contribution is -1.80. The Kier molecular flexibility index (Phi) is 3.63. The maximum absolute atomic E-state index is 12.8. The van der Waals surface area contributed by atoms with Crippen LogP contribution in [0.15, 0.2) is 24.3 Å². The molecule has 0 nitrogen and oxygen atoms in total. The third kappa shape index (κ3) is 2.26. The first-order valence-corrected chi connectivity index (χ1v) is 4.48. The minimum Gasteiger partial charge on any atom is -0.205 e. The lowest BCUT2D eigenvalue weighted by molar-refractivity contribution is 0.628. The van der Waals surface area contributed by atoms with Gasteiger partial charge in [0, 0.05) is 5.75 Å². The second-order valence-corrected chi connectivity index (χ2v) is 2.97. The molecule has 0 atom stereocenters. The Labute approximate surface area is 81.5 Å². The SMILES string of the molecule is Fc1cccc(C=CCS)c1Cl. The van der Waals surface area contributed by atoms with Crippen LogP contribution in [0.5, 0.6) is 0 Å². The molecule has 64 valence electrons. The number of rotatable bonds is 2. The third-order valence-corrected chi connectivity index (χ3v) is 1.99. The summed E-state index contributed by atoms with van der Waals surface area (Å²) in [6.07, 6.45) is 3.56. The van der Waals surface area contributed by atoms with Gasteiger partial charge in [-0.3, -0.25) is 0 Å². The van der Waals surface area contributed by atoms with Crippen LogP contribution in [0.2, 0.25) is 5.02 Å². The average Bonchev–Trinajstić information content (AvgIpc) is 2.08. The Morgan fingerprint density at radius 1 is 1.50 bits per heavy atom. The van der Waals surface area contributed by atoms with Crippen LogP contribution in [0, 0.1) is 5.82 Å². The van der Waals surface area contributed by atoms with Crippen LogP contribution < -0.4 is 0 Å². The van der Waals surface area contributed by atoms with E-state index in [9.17, 15) is 4.39 Å². The van der Waals surface area contributed by atoms with Crippen LogP contribution in [-0.2, 0) is 0 Å². The van der Waals surface area contributed by atoms with Gasteiger partial charge < -0.3 is 0 Å². The van der Waals surface area contributed by atoms with Gasteiger partial charge in [-0.05, 0) is 11.6 Å². The van der Waals surface area contributed by atoms with E-state index in [-0.39, 0.29) is 5.02 Å². The summed E-state index contributed by atoms with van der Waals surface area (Å²) in [7, 11) is 0. The molecular formula is C9H8ClFS. The first kappa shape index (κ1) is 9.62. The van der Waals surface area contributed by atoms with Crippen molar-refractivity contribution in [2.24, 2.45) is 0 Å². The number of hydrogen-bond donors (Lipinski definition) is 1. The van der Waals surface area contributed by atoms with Gasteiger partial charge in [-0.15, -0.1) is 0 Å². The van der Waals surface area contributed by atoms with Crippen molar-refractivity contribution in [3.8, 4) is 0 Å². The van der Waals surface area contributed by atoms with E-state index in [0.717, 1.165) is 0 Å². The molecule has 1 rings (SSSR count). The predicted octanol–water partition coefficient (Wildman–Crippen LogP) is 3.42. The molecule has 3 heteroatoms. The number of halogens is 2. The molecule has 0 aliphatic rings. The van der Waals surface area contributed by atoms with Crippen LogP contribution in [-0.4, -0.2) is 5.75 Å². The molecule has 0 amide bonds. The Balaban J connectivity index is 3.00. The van der Waals surface area contributed by atoms with Gasteiger partial charge >= 0.3 is 0 Å². The molecule has 0 aromatic heterocycles. The molecule has 1 aromatic rings. The van der Waals surface area contributed by atoms with Crippen molar-refractivity contribution in [3.05, 3.63) is 40.7 Å². The zero-order valence-electron chi connectivity index (χ0n) is 6.30. The maximum atomic E-state index is 12.8. The maximum Gasteiger partial charge on any atom is 0.142 e. The van der Waals surface area contributed by atoms with Crippen molar-refractivity contribution in [1.29, 1.82) is 0 Å². The quantitative estimate of drug-likeness (QED) is 0.699. The van der Waals surface area contributed by atoms with Gasteiger partial charge in [0.1, 0.15) is 5.82 Å². The summed E-state index contributed by atoms with van der Waals surface area (Å²) in [5.41, 5.74) is 0.686. The largest absolute Gasteiger partial charge is 0.205 e. The topological polar surface area (TPSA) is 0 Å². The number of thiol groups is 1. The highest BCUT2D eigenvalue weighted by Crippen LogP contribution is 2.20. The van der Waals surface area contributed by atoms with Crippen LogP contribution >= 0.6 is 24.2 Å². The standard InChI is InChI=1S/C9H8ClFS/c10-9-7(4-2-6-12)3-1-5-8(9)11/h1-5,12H,6H2. The Morgan fingerprint density at radius 2 is 2.25 bits per heavy atom. The summed E-state index contributed by atoms with van der Waals surface area (Å²) < 4.78 is 12.8. The zero-order chi connectivity index (χ0) is 8.97.